The summed E-state index contributed by atoms with van der Waals surface area (Å²) in [6.07, 6.45) is 3.15. The van der Waals surface area contributed by atoms with Crippen LogP contribution in [0.3, 0.4) is 0 Å². The summed E-state index contributed by atoms with van der Waals surface area (Å²) >= 11 is 1.67. The van der Waals surface area contributed by atoms with Crippen LogP contribution in [0.25, 0.3) is 11.3 Å². The summed E-state index contributed by atoms with van der Waals surface area (Å²) in [5, 5.41) is 4.99. The van der Waals surface area contributed by atoms with E-state index in [1.54, 1.807) is 17.5 Å². The molecule has 1 amide bonds. The lowest BCUT2D eigenvalue weighted by Gasteiger charge is -2.12. The molecule has 20 heavy (non-hydrogen) atoms. The minimum Gasteiger partial charge on any atom is -0.368 e. The van der Waals surface area contributed by atoms with Gasteiger partial charge in [-0.3, -0.25) is 9.78 Å². The summed E-state index contributed by atoms with van der Waals surface area (Å²) in [4.78, 5) is 17.8. The van der Waals surface area contributed by atoms with Gasteiger partial charge >= 0.3 is 0 Å². The largest absolute Gasteiger partial charge is 0.368 e. The standard InChI is InChI=1S/C15H16N2O2S/c1-10-8-11(9-20-10)14-12(4-2-6-16-14)17-15(18)13-5-3-7-19-13/h2,4,6,8-9,13H,3,5,7H2,1H3,(H,17,18)/t13-/m0/s1. The molecule has 0 spiro atoms. The molecule has 1 aliphatic rings. The quantitative estimate of drug-likeness (QED) is 0.943. The van der Waals surface area contributed by atoms with E-state index >= 15 is 0 Å². The number of nitrogens with one attached hydrogen (secondary N) is 1. The molecule has 0 bridgehead atoms. The number of carbonyl (C=O) groups excluding carboxylic acids is 1. The molecular formula is C15H16N2O2S. The zero-order valence-corrected chi connectivity index (χ0v) is 12.1. The number of aromatic nitrogens is 1. The van der Waals surface area contributed by atoms with Crippen LogP contribution in [0.4, 0.5) is 5.69 Å². The van der Waals surface area contributed by atoms with E-state index in [-0.39, 0.29) is 12.0 Å². The van der Waals surface area contributed by atoms with Crippen LogP contribution in [0.1, 0.15) is 17.7 Å². The second-order valence-corrected chi connectivity index (χ2v) is 5.95. The van der Waals surface area contributed by atoms with Crippen molar-refractivity contribution >= 4 is 22.9 Å². The first kappa shape index (κ1) is 13.3. The maximum absolute atomic E-state index is 12.1. The molecule has 3 heterocycles. The third-order valence-corrected chi connectivity index (χ3v) is 4.15. The molecule has 2 aromatic rings. The maximum Gasteiger partial charge on any atom is 0.253 e. The van der Waals surface area contributed by atoms with E-state index in [0.717, 1.165) is 29.8 Å². The Hall–Kier alpha value is -1.72. The number of hydrogen-bond donors (Lipinski definition) is 1. The number of carbonyl (C=O) groups is 1. The van der Waals surface area contributed by atoms with Crippen molar-refractivity contribution in [2.75, 3.05) is 11.9 Å². The first-order chi connectivity index (χ1) is 9.74. The number of hydrogen-bond acceptors (Lipinski definition) is 4. The van der Waals surface area contributed by atoms with Gasteiger partial charge in [0.15, 0.2) is 0 Å². The Balaban J connectivity index is 1.84. The third kappa shape index (κ3) is 2.73. The molecule has 0 saturated carbocycles. The topological polar surface area (TPSA) is 51.2 Å². The van der Waals surface area contributed by atoms with Crippen LogP contribution in [0.2, 0.25) is 0 Å². The summed E-state index contributed by atoms with van der Waals surface area (Å²) in [6.45, 7) is 2.73. The summed E-state index contributed by atoms with van der Waals surface area (Å²) in [6, 6.07) is 5.78. The Morgan fingerprint density at radius 3 is 3.15 bits per heavy atom. The van der Waals surface area contributed by atoms with E-state index in [1.807, 2.05) is 12.1 Å². The average Bonchev–Trinajstić information content (AvgIpc) is 3.10. The molecule has 0 unspecified atom stereocenters. The highest BCUT2D eigenvalue weighted by Gasteiger charge is 2.24. The van der Waals surface area contributed by atoms with E-state index in [2.05, 4.69) is 28.7 Å². The number of rotatable bonds is 3. The molecular weight excluding hydrogens is 272 g/mol. The summed E-state index contributed by atoms with van der Waals surface area (Å²) in [5.41, 5.74) is 2.59. The van der Waals surface area contributed by atoms with Crippen molar-refractivity contribution in [1.82, 2.24) is 4.98 Å². The Morgan fingerprint density at radius 1 is 1.55 bits per heavy atom. The molecule has 0 aliphatic carbocycles. The summed E-state index contributed by atoms with van der Waals surface area (Å²) in [7, 11) is 0. The van der Waals surface area contributed by atoms with Crippen LogP contribution in [-0.4, -0.2) is 23.6 Å². The van der Waals surface area contributed by atoms with Gasteiger partial charge in [-0.2, -0.15) is 0 Å². The van der Waals surface area contributed by atoms with Crippen molar-refractivity contribution < 1.29 is 9.53 Å². The van der Waals surface area contributed by atoms with Crippen LogP contribution in [0.5, 0.6) is 0 Å². The normalized spacial score (nSPS) is 18.1. The minimum absolute atomic E-state index is 0.0799. The molecule has 1 fully saturated rings. The van der Waals surface area contributed by atoms with Gasteiger partial charge in [0.05, 0.1) is 11.4 Å². The highest BCUT2D eigenvalue weighted by molar-refractivity contribution is 7.10. The van der Waals surface area contributed by atoms with E-state index < -0.39 is 0 Å². The van der Waals surface area contributed by atoms with Crippen molar-refractivity contribution in [3.05, 3.63) is 34.7 Å². The molecule has 1 N–H and O–H groups in total. The molecule has 3 rings (SSSR count). The van der Waals surface area contributed by atoms with Crippen molar-refractivity contribution in [2.45, 2.75) is 25.9 Å². The number of thiophene rings is 1. The van der Waals surface area contributed by atoms with E-state index in [1.165, 1.54) is 4.88 Å². The molecule has 1 aliphatic heterocycles. The molecule has 1 saturated heterocycles. The Labute approximate surface area is 121 Å². The summed E-state index contributed by atoms with van der Waals surface area (Å²) < 4.78 is 5.41. The fourth-order valence-electron chi connectivity index (χ4n) is 2.30. The molecule has 2 aromatic heterocycles. The number of aryl methyl sites for hydroxylation is 1. The van der Waals surface area contributed by atoms with Crippen molar-refractivity contribution in [2.24, 2.45) is 0 Å². The smallest absolute Gasteiger partial charge is 0.253 e. The zero-order chi connectivity index (χ0) is 13.9. The fourth-order valence-corrected chi connectivity index (χ4v) is 2.99. The lowest BCUT2D eigenvalue weighted by atomic mass is 10.1. The van der Waals surface area contributed by atoms with Gasteiger partial charge in [-0.25, -0.2) is 0 Å². The molecule has 1 atom stereocenters. The van der Waals surface area contributed by atoms with E-state index in [9.17, 15) is 4.79 Å². The van der Waals surface area contributed by atoms with Gasteiger partial charge in [0.25, 0.3) is 5.91 Å². The number of ether oxygens (including phenoxy) is 1. The monoisotopic (exact) mass is 288 g/mol. The number of amides is 1. The van der Waals surface area contributed by atoms with Crippen molar-refractivity contribution in [1.29, 1.82) is 0 Å². The van der Waals surface area contributed by atoms with Crippen LogP contribution >= 0.6 is 11.3 Å². The SMILES string of the molecule is Cc1cc(-c2ncccc2NC(=O)[C@@H]2CCCO2)cs1. The highest BCUT2D eigenvalue weighted by atomic mass is 32.1. The highest BCUT2D eigenvalue weighted by Crippen LogP contribution is 2.29. The van der Waals surface area contributed by atoms with Crippen LogP contribution in [0.15, 0.2) is 29.8 Å². The Kier molecular flexibility index (Phi) is 3.80. The molecule has 0 aromatic carbocycles. The van der Waals surface area contributed by atoms with Gasteiger partial charge in [0.1, 0.15) is 6.10 Å². The van der Waals surface area contributed by atoms with E-state index in [4.69, 9.17) is 4.74 Å². The first-order valence-corrected chi connectivity index (χ1v) is 7.55. The van der Waals surface area contributed by atoms with Gasteiger partial charge in [-0.1, -0.05) is 0 Å². The second-order valence-electron chi connectivity index (χ2n) is 4.84. The van der Waals surface area contributed by atoms with Gasteiger partial charge in [-0.05, 0) is 38.0 Å². The molecule has 0 radical (unpaired) electrons. The predicted molar refractivity (Wildman–Crippen MR) is 79.9 cm³/mol. The fraction of sp³-hybridized carbons (Fsp3) is 0.333. The van der Waals surface area contributed by atoms with Gasteiger partial charge in [0, 0.05) is 28.6 Å². The van der Waals surface area contributed by atoms with Crippen molar-refractivity contribution in [3.8, 4) is 11.3 Å². The lowest BCUT2D eigenvalue weighted by Crippen LogP contribution is -2.27. The Bertz CT molecular complexity index is 618. The molecule has 104 valence electrons. The molecule has 4 nitrogen and oxygen atoms in total. The lowest BCUT2D eigenvalue weighted by molar-refractivity contribution is -0.124. The van der Waals surface area contributed by atoms with Crippen LogP contribution in [-0.2, 0) is 9.53 Å². The number of pyridine rings is 1. The average molecular weight is 288 g/mol. The predicted octanol–water partition coefficient (Wildman–Crippen LogP) is 3.24. The molecule has 5 heteroatoms. The first-order valence-electron chi connectivity index (χ1n) is 6.67. The number of anilines is 1. The number of nitrogens with zero attached hydrogens (tertiary/aromatic N) is 1. The van der Waals surface area contributed by atoms with Gasteiger partial charge in [-0.15, -0.1) is 11.3 Å². The summed E-state index contributed by atoms with van der Waals surface area (Å²) in [5.74, 6) is -0.0799. The van der Waals surface area contributed by atoms with Crippen LogP contribution < -0.4 is 5.32 Å². The minimum atomic E-state index is -0.327. The van der Waals surface area contributed by atoms with Crippen molar-refractivity contribution in [3.63, 3.8) is 0 Å². The Morgan fingerprint density at radius 2 is 2.45 bits per heavy atom. The third-order valence-electron chi connectivity index (χ3n) is 3.29. The van der Waals surface area contributed by atoms with Gasteiger partial charge < -0.3 is 10.1 Å². The zero-order valence-electron chi connectivity index (χ0n) is 11.3. The van der Waals surface area contributed by atoms with Crippen LogP contribution in [0, 0.1) is 6.92 Å². The maximum atomic E-state index is 12.1. The van der Waals surface area contributed by atoms with Gasteiger partial charge in [0.2, 0.25) is 0 Å². The van der Waals surface area contributed by atoms with E-state index in [0.29, 0.717) is 6.61 Å². The second kappa shape index (κ2) is 5.73.